The van der Waals surface area contributed by atoms with E-state index in [0.717, 1.165) is 5.92 Å². The topological polar surface area (TPSA) is 15.8 Å². The molecule has 0 aliphatic heterocycles. The molecule has 0 aliphatic carbocycles. The molecule has 0 bridgehead atoms. The number of aromatic nitrogens is 1. The second-order valence-electron chi connectivity index (χ2n) is 7.84. The van der Waals surface area contributed by atoms with E-state index in [1.54, 1.807) is 0 Å². The third-order valence-corrected chi connectivity index (χ3v) is 5.62. The molecule has 2 aromatic rings. The maximum atomic E-state index is 3.46. The number of H-pyrrole nitrogens is 1. The molecule has 2 rings (SSSR count). The molecule has 1 aromatic carbocycles. The maximum absolute atomic E-state index is 3.46. The molecule has 1 atom stereocenters. The van der Waals surface area contributed by atoms with E-state index in [-0.39, 0.29) is 0 Å². The summed E-state index contributed by atoms with van der Waals surface area (Å²) in [5.41, 5.74) is 2.82. The zero-order chi connectivity index (χ0) is 17.7. The summed E-state index contributed by atoms with van der Waals surface area (Å²) in [6, 6.07) is 8.77. The van der Waals surface area contributed by atoms with Gasteiger partial charge in [-0.3, -0.25) is 0 Å². The highest BCUT2D eigenvalue weighted by Crippen LogP contribution is 2.26. The van der Waals surface area contributed by atoms with Crippen molar-refractivity contribution in [2.75, 3.05) is 0 Å². The van der Waals surface area contributed by atoms with Crippen molar-refractivity contribution < 1.29 is 0 Å². The van der Waals surface area contributed by atoms with Gasteiger partial charge in [-0.05, 0) is 24.0 Å². The second kappa shape index (κ2) is 12.2. The number of hydrogen-bond donors (Lipinski definition) is 1. The minimum atomic E-state index is 0.863. The van der Waals surface area contributed by atoms with Crippen molar-refractivity contribution in [2.45, 2.75) is 97.3 Å². The molecule has 1 heteroatoms. The molecule has 25 heavy (non-hydrogen) atoms. The summed E-state index contributed by atoms with van der Waals surface area (Å²) in [6.45, 7) is 4.60. The normalized spacial score (nSPS) is 12.7. The molecular formula is C24H39N. The second-order valence-corrected chi connectivity index (χ2v) is 7.84. The first kappa shape index (κ1) is 20.1. The highest BCUT2D eigenvalue weighted by atomic mass is 14.7. The van der Waals surface area contributed by atoms with E-state index in [1.165, 1.54) is 99.9 Å². The van der Waals surface area contributed by atoms with Gasteiger partial charge < -0.3 is 4.98 Å². The summed E-state index contributed by atoms with van der Waals surface area (Å²) < 4.78 is 0. The van der Waals surface area contributed by atoms with E-state index >= 15 is 0 Å². The molecular weight excluding hydrogens is 302 g/mol. The Bertz CT molecular complexity index is 568. The van der Waals surface area contributed by atoms with Crippen LogP contribution in [0.15, 0.2) is 30.5 Å². The number of nitrogens with one attached hydrogen (secondary N) is 1. The number of unbranched alkanes of at least 4 members (excludes halogenated alkanes) is 8. The standard InChI is InChI=1S/C24H39N/c1-3-5-7-9-10-12-16-21(15-11-8-6-4-2)19-22-20-25-24-18-14-13-17-23(22)24/h13-14,17-18,20-21,25H,3-12,15-16,19H2,1-2H3/t21-/m0/s1. The number of para-hydroxylation sites is 1. The first-order valence-electron chi connectivity index (χ1n) is 10.9. The fourth-order valence-electron chi connectivity index (χ4n) is 4.03. The van der Waals surface area contributed by atoms with Crippen molar-refractivity contribution >= 4 is 10.9 Å². The van der Waals surface area contributed by atoms with Gasteiger partial charge >= 0.3 is 0 Å². The van der Waals surface area contributed by atoms with Crippen LogP contribution < -0.4 is 0 Å². The van der Waals surface area contributed by atoms with Crippen molar-refractivity contribution in [1.82, 2.24) is 4.98 Å². The third-order valence-electron chi connectivity index (χ3n) is 5.62. The highest BCUT2D eigenvalue weighted by Gasteiger charge is 2.12. The lowest BCUT2D eigenvalue weighted by molar-refractivity contribution is 0.403. The summed E-state index contributed by atoms with van der Waals surface area (Å²) in [4.78, 5) is 3.46. The van der Waals surface area contributed by atoms with Gasteiger partial charge in [0.25, 0.3) is 0 Å². The van der Waals surface area contributed by atoms with E-state index in [9.17, 15) is 0 Å². The summed E-state index contributed by atoms with van der Waals surface area (Å²) >= 11 is 0. The molecule has 0 amide bonds. The Hall–Kier alpha value is -1.24. The molecule has 0 saturated carbocycles. The van der Waals surface area contributed by atoms with Gasteiger partial charge in [0.05, 0.1) is 0 Å². The smallest absolute Gasteiger partial charge is 0.0456 e. The zero-order valence-corrected chi connectivity index (χ0v) is 16.7. The molecule has 1 aromatic heterocycles. The fourth-order valence-corrected chi connectivity index (χ4v) is 4.03. The Balaban J connectivity index is 1.84. The Morgan fingerprint density at radius 3 is 2.08 bits per heavy atom. The molecule has 0 fully saturated rings. The molecule has 0 aliphatic rings. The third kappa shape index (κ3) is 7.26. The van der Waals surface area contributed by atoms with Crippen molar-refractivity contribution in [3.05, 3.63) is 36.0 Å². The molecule has 0 radical (unpaired) electrons. The van der Waals surface area contributed by atoms with E-state index < -0.39 is 0 Å². The SMILES string of the molecule is CCCCCCCC[C@H](CCCCCC)Cc1c[nH]c2ccccc12. The van der Waals surface area contributed by atoms with Gasteiger partial charge in [-0.25, -0.2) is 0 Å². The Kier molecular flexibility index (Phi) is 9.77. The predicted molar refractivity (Wildman–Crippen MR) is 112 cm³/mol. The van der Waals surface area contributed by atoms with E-state index in [4.69, 9.17) is 0 Å². The molecule has 1 nitrogen and oxygen atoms in total. The van der Waals surface area contributed by atoms with Gasteiger partial charge in [-0.1, -0.05) is 109 Å². The Morgan fingerprint density at radius 2 is 1.36 bits per heavy atom. The highest BCUT2D eigenvalue weighted by molar-refractivity contribution is 5.83. The van der Waals surface area contributed by atoms with Crippen molar-refractivity contribution in [1.29, 1.82) is 0 Å². The van der Waals surface area contributed by atoms with Crippen molar-refractivity contribution in [3.63, 3.8) is 0 Å². The number of fused-ring (bicyclic) bond motifs is 1. The summed E-state index contributed by atoms with van der Waals surface area (Å²) in [5.74, 6) is 0.863. The van der Waals surface area contributed by atoms with Crippen LogP contribution in [0.5, 0.6) is 0 Å². The lowest BCUT2D eigenvalue weighted by atomic mass is 9.88. The number of hydrogen-bond acceptors (Lipinski definition) is 0. The Morgan fingerprint density at radius 1 is 0.760 bits per heavy atom. The van der Waals surface area contributed by atoms with Crippen molar-refractivity contribution in [3.8, 4) is 0 Å². The lowest BCUT2D eigenvalue weighted by Crippen LogP contribution is -2.05. The van der Waals surface area contributed by atoms with Crippen LogP contribution in [-0.2, 0) is 6.42 Å². The van der Waals surface area contributed by atoms with Gasteiger partial charge in [0.15, 0.2) is 0 Å². The van der Waals surface area contributed by atoms with Gasteiger partial charge in [0.1, 0.15) is 0 Å². The quantitative estimate of drug-likeness (QED) is 0.334. The zero-order valence-electron chi connectivity index (χ0n) is 16.7. The van der Waals surface area contributed by atoms with Crippen LogP contribution in [0.3, 0.4) is 0 Å². The summed E-state index contributed by atoms with van der Waals surface area (Å²) in [5, 5.41) is 1.43. The fraction of sp³-hybridized carbons (Fsp3) is 0.667. The predicted octanol–water partition coefficient (Wildman–Crippen LogP) is 8.05. The van der Waals surface area contributed by atoms with Crippen LogP contribution in [0.1, 0.15) is 96.5 Å². The average Bonchev–Trinajstić information content (AvgIpc) is 3.04. The van der Waals surface area contributed by atoms with E-state index in [0.29, 0.717) is 0 Å². The van der Waals surface area contributed by atoms with Gasteiger partial charge in [0, 0.05) is 17.1 Å². The Labute approximate surface area is 155 Å². The van der Waals surface area contributed by atoms with Crippen LogP contribution in [-0.4, -0.2) is 4.98 Å². The van der Waals surface area contributed by atoms with Gasteiger partial charge in [0.2, 0.25) is 0 Å². The maximum Gasteiger partial charge on any atom is 0.0456 e. The monoisotopic (exact) mass is 341 g/mol. The number of aromatic amines is 1. The summed E-state index contributed by atoms with van der Waals surface area (Å²) in [7, 11) is 0. The first-order valence-corrected chi connectivity index (χ1v) is 10.9. The number of rotatable bonds is 14. The minimum absolute atomic E-state index is 0.863. The molecule has 140 valence electrons. The molecule has 0 saturated heterocycles. The minimum Gasteiger partial charge on any atom is -0.361 e. The van der Waals surface area contributed by atoms with Crippen LogP contribution in [0.2, 0.25) is 0 Å². The van der Waals surface area contributed by atoms with Crippen molar-refractivity contribution in [2.24, 2.45) is 5.92 Å². The van der Waals surface area contributed by atoms with E-state index in [1.807, 2.05) is 0 Å². The average molecular weight is 342 g/mol. The molecule has 1 heterocycles. The number of benzene rings is 1. The molecule has 0 spiro atoms. The first-order chi connectivity index (χ1) is 12.3. The van der Waals surface area contributed by atoms with Crippen LogP contribution in [0.4, 0.5) is 0 Å². The summed E-state index contributed by atoms with van der Waals surface area (Å²) in [6.07, 6.45) is 20.4. The van der Waals surface area contributed by atoms with Crippen LogP contribution >= 0.6 is 0 Å². The van der Waals surface area contributed by atoms with Gasteiger partial charge in [-0.2, -0.15) is 0 Å². The van der Waals surface area contributed by atoms with E-state index in [2.05, 4.69) is 49.3 Å². The largest absolute Gasteiger partial charge is 0.361 e. The van der Waals surface area contributed by atoms with Gasteiger partial charge in [-0.15, -0.1) is 0 Å². The van der Waals surface area contributed by atoms with Crippen LogP contribution in [0.25, 0.3) is 10.9 Å². The molecule has 0 unspecified atom stereocenters. The molecule has 1 N–H and O–H groups in total. The lowest BCUT2D eigenvalue weighted by Gasteiger charge is -2.17. The van der Waals surface area contributed by atoms with Crippen LogP contribution in [0, 0.1) is 5.92 Å².